The molecule has 1 heterocycles. The molecule has 1 unspecified atom stereocenters. The van der Waals surface area contributed by atoms with Gasteiger partial charge in [-0.1, -0.05) is 12.1 Å². The third-order valence-electron chi connectivity index (χ3n) is 3.72. The molecular weight excluding hydrogens is 243 g/mol. The lowest BCUT2D eigenvalue weighted by Gasteiger charge is -2.38. The highest BCUT2D eigenvalue weighted by Gasteiger charge is 2.33. The van der Waals surface area contributed by atoms with E-state index in [9.17, 15) is 9.65 Å². The minimum atomic E-state index is -0.561. The summed E-state index contributed by atoms with van der Waals surface area (Å²) in [5.41, 5.74) is 1.06. The first-order chi connectivity index (χ1) is 9.05. The number of morpholine rings is 1. The van der Waals surface area contributed by atoms with Crippen molar-refractivity contribution in [3.8, 4) is 6.07 Å². The fourth-order valence-electron chi connectivity index (χ4n) is 2.49. The minimum Gasteiger partial charge on any atom is -0.379 e. The first-order valence-electron chi connectivity index (χ1n) is 6.54. The second kappa shape index (κ2) is 5.68. The quantitative estimate of drug-likeness (QED) is 0.838. The molecule has 102 valence electrons. The van der Waals surface area contributed by atoms with Crippen LogP contribution in [0.4, 0.5) is 4.39 Å². The smallest absolute Gasteiger partial charge is 0.126 e. The third-order valence-corrected chi connectivity index (χ3v) is 3.72. The second-order valence-electron chi connectivity index (χ2n) is 5.25. The topological polar surface area (TPSA) is 36.3 Å². The van der Waals surface area contributed by atoms with Crippen molar-refractivity contribution < 1.29 is 9.13 Å². The minimum absolute atomic E-state index is 0.200. The molecule has 1 aromatic rings. The molecule has 1 aliphatic heterocycles. The Balaban J connectivity index is 2.17. The van der Waals surface area contributed by atoms with Crippen LogP contribution in [0.2, 0.25) is 0 Å². The van der Waals surface area contributed by atoms with E-state index in [1.165, 1.54) is 6.07 Å². The van der Waals surface area contributed by atoms with Gasteiger partial charge in [0.25, 0.3) is 0 Å². The zero-order valence-corrected chi connectivity index (χ0v) is 11.4. The standard InChI is InChI=1S/C15H19FN2O/c1-12-9-13(3-4-14(12)16)10-15(2,11-17)18-5-7-19-8-6-18/h3-4,9H,5-8,10H2,1-2H3. The molecule has 1 saturated heterocycles. The molecule has 1 aliphatic rings. The van der Waals surface area contributed by atoms with Gasteiger partial charge in [-0.05, 0) is 31.0 Å². The average Bonchev–Trinajstić information content (AvgIpc) is 2.44. The zero-order chi connectivity index (χ0) is 13.9. The maximum atomic E-state index is 13.3. The zero-order valence-electron chi connectivity index (χ0n) is 11.4. The van der Waals surface area contributed by atoms with Crippen LogP contribution in [0.15, 0.2) is 18.2 Å². The monoisotopic (exact) mass is 262 g/mol. The molecule has 4 heteroatoms. The van der Waals surface area contributed by atoms with Gasteiger partial charge in [-0.2, -0.15) is 5.26 Å². The van der Waals surface area contributed by atoms with Crippen molar-refractivity contribution in [2.24, 2.45) is 0 Å². The van der Waals surface area contributed by atoms with E-state index in [0.717, 1.165) is 18.7 Å². The predicted molar refractivity (Wildman–Crippen MR) is 71.3 cm³/mol. The second-order valence-corrected chi connectivity index (χ2v) is 5.25. The Labute approximate surface area is 113 Å². The van der Waals surface area contributed by atoms with Gasteiger partial charge >= 0.3 is 0 Å². The number of benzene rings is 1. The Morgan fingerprint density at radius 1 is 1.42 bits per heavy atom. The summed E-state index contributed by atoms with van der Waals surface area (Å²) in [6, 6.07) is 7.47. The highest BCUT2D eigenvalue weighted by atomic mass is 19.1. The molecule has 0 aliphatic carbocycles. The molecule has 19 heavy (non-hydrogen) atoms. The molecule has 3 nitrogen and oxygen atoms in total. The molecule has 1 fully saturated rings. The summed E-state index contributed by atoms with van der Waals surface area (Å²) in [4.78, 5) is 2.15. The van der Waals surface area contributed by atoms with Crippen LogP contribution < -0.4 is 0 Å². The van der Waals surface area contributed by atoms with Gasteiger partial charge in [-0.3, -0.25) is 4.90 Å². The van der Waals surface area contributed by atoms with Crippen LogP contribution in [0.1, 0.15) is 18.1 Å². The van der Waals surface area contributed by atoms with E-state index in [1.807, 2.05) is 13.0 Å². The summed E-state index contributed by atoms with van der Waals surface area (Å²) in [6.45, 7) is 6.56. The Kier molecular flexibility index (Phi) is 4.18. The predicted octanol–water partition coefficient (Wildman–Crippen LogP) is 2.29. The molecule has 1 aromatic carbocycles. The lowest BCUT2D eigenvalue weighted by atomic mass is 9.91. The average molecular weight is 262 g/mol. The summed E-state index contributed by atoms with van der Waals surface area (Å²) in [5.74, 6) is -0.200. The van der Waals surface area contributed by atoms with Crippen LogP contribution in [0.25, 0.3) is 0 Å². The molecule has 2 rings (SSSR count). The molecule has 1 atom stereocenters. The maximum absolute atomic E-state index is 13.3. The van der Waals surface area contributed by atoms with Crippen molar-refractivity contribution in [3.63, 3.8) is 0 Å². The summed E-state index contributed by atoms with van der Waals surface area (Å²) < 4.78 is 18.6. The summed E-state index contributed by atoms with van der Waals surface area (Å²) in [5, 5.41) is 9.52. The van der Waals surface area contributed by atoms with Crippen molar-refractivity contribution in [1.29, 1.82) is 5.26 Å². The number of nitriles is 1. The molecule has 0 spiro atoms. The Bertz CT molecular complexity index is 491. The highest BCUT2D eigenvalue weighted by molar-refractivity contribution is 5.27. The van der Waals surface area contributed by atoms with E-state index in [2.05, 4.69) is 11.0 Å². The first-order valence-corrected chi connectivity index (χ1v) is 6.54. The van der Waals surface area contributed by atoms with Gasteiger partial charge in [0.15, 0.2) is 0 Å². The number of nitrogens with zero attached hydrogens (tertiary/aromatic N) is 2. The lowest BCUT2D eigenvalue weighted by Crippen LogP contribution is -2.52. The molecule has 0 N–H and O–H groups in total. The first kappa shape index (κ1) is 14.0. The van der Waals surface area contributed by atoms with Crippen molar-refractivity contribution >= 4 is 0 Å². The van der Waals surface area contributed by atoms with Gasteiger partial charge in [-0.15, -0.1) is 0 Å². The van der Waals surface area contributed by atoms with Gasteiger partial charge in [0, 0.05) is 19.5 Å². The van der Waals surface area contributed by atoms with Crippen LogP contribution >= 0.6 is 0 Å². The molecule has 0 radical (unpaired) electrons. The third kappa shape index (κ3) is 3.12. The number of hydrogen-bond donors (Lipinski definition) is 0. The molecule has 0 saturated carbocycles. The van der Waals surface area contributed by atoms with Crippen LogP contribution in [0, 0.1) is 24.1 Å². The summed E-state index contributed by atoms with van der Waals surface area (Å²) in [7, 11) is 0. The number of rotatable bonds is 3. The SMILES string of the molecule is Cc1cc(CC(C)(C#N)N2CCOCC2)ccc1F. The van der Waals surface area contributed by atoms with Crippen LogP contribution in [0.3, 0.4) is 0 Å². The van der Waals surface area contributed by atoms with E-state index in [4.69, 9.17) is 4.74 Å². The van der Waals surface area contributed by atoms with Gasteiger partial charge < -0.3 is 4.74 Å². The van der Waals surface area contributed by atoms with Crippen molar-refractivity contribution in [1.82, 2.24) is 4.90 Å². The summed E-state index contributed by atoms with van der Waals surface area (Å²) in [6.07, 6.45) is 0.602. The molecule has 0 bridgehead atoms. The van der Waals surface area contributed by atoms with Crippen LogP contribution in [0.5, 0.6) is 0 Å². The highest BCUT2D eigenvalue weighted by Crippen LogP contribution is 2.22. The van der Waals surface area contributed by atoms with E-state index in [1.54, 1.807) is 13.0 Å². The van der Waals surface area contributed by atoms with E-state index in [-0.39, 0.29) is 5.82 Å². The fourth-order valence-corrected chi connectivity index (χ4v) is 2.49. The van der Waals surface area contributed by atoms with Gasteiger partial charge in [-0.25, -0.2) is 4.39 Å². The Morgan fingerprint density at radius 2 is 2.11 bits per heavy atom. The van der Waals surface area contributed by atoms with Crippen LogP contribution in [-0.2, 0) is 11.2 Å². The van der Waals surface area contributed by atoms with E-state index in [0.29, 0.717) is 25.2 Å². The van der Waals surface area contributed by atoms with Gasteiger partial charge in [0.05, 0.1) is 19.3 Å². The summed E-state index contributed by atoms with van der Waals surface area (Å²) >= 11 is 0. The maximum Gasteiger partial charge on any atom is 0.126 e. The number of halogens is 1. The van der Waals surface area contributed by atoms with E-state index >= 15 is 0 Å². The molecular formula is C15H19FN2O. The van der Waals surface area contributed by atoms with E-state index < -0.39 is 5.54 Å². The number of hydrogen-bond acceptors (Lipinski definition) is 3. The van der Waals surface area contributed by atoms with Crippen molar-refractivity contribution in [2.45, 2.75) is 25.8 Å². The van der Waals surface area contributed by atoms with Gasteiger partial charge in [0.2, 0.25) is 0 Å². The number of ether oxygens (including phenoxy) is 1. The normalized spacial score (nSPS) is 19.7. The lowest BCUT2D eigenvalue weighted by molar-refractivity contribution is 0.00188. The van der Waals surface area contributed by atoms with Gasteiger partial charge in [0.1, 0.15) is 11.4 Å². The molecule has 0 amide bonds. The van der Waals surface area contributed by atoms with Crippen molar-refractivity contribution in [2.75, 3.05) is 26.3 Å². The van der Waals surface area contributed by atoms with Crippen molar-refractivity contribution in [3.05, 3.63) is 35.1 Å². The number of aryl methyl sites for hydroxylation is 1. The molecule has 0 aromatic heterocycles. The Hall–Kier alpha value is -1.44. The fraction of sp³-hybridized carbons (Fsp3) is 0.533. The largest absolute Gasteiger partial charge is 0.379 e. The van der Waals surface area contributed by atoms with Crippen LogP contribution in [-0.4, -0.2) is 36.7 Å². The Morgan fingerprint density at radius 3 is 2.68 bits per heavy atom.